The Morgan fingerprint density at radius 3 is 2.58 bits per heavy atom. The molecule has 2 N–H and O–H groups in total. The topological polar surface area (TPSA) is 87.7 Å². The summed E-state index contributed by atoms with van der Waals surface area (Å²) in [5.74, 6) is -0.806. The Balaban J connectivity index is 1.71. The summed E-state index contributed by atoms with van der Waals surface area (Å²) in [5, 5.41) is 0. The first-order valence-corrected chi connectivity index (χ1v) is 8.62. The van der Waals surface area contributed by atoms with Crippen LogP contribution in [0.15, 0.2) is 53.0 Å². The summed E-state index contributed by atoms with van der Waals surface area (Å²) >= 11 is 3.30. The number of ether oxygens (including phenoxy) is 1. The molecule has 134 valence electrons. The van der Waals surface area contributed by atoms with Crippen LogP contribution in [0.3, 0.4) is 0 Å². The highest BCUT2D eigenvalue weighted by Crippen LogP contribution is 2.31. The highest BCUT2D eigenvalue weighted by Gasteiger charge is 2.40. The van der Waals surface area contributed by atoms with E-state index in [1.165, 1.54) is 7.11 Å². The number of nitrogens with one attached hydrogen (secondary N) is 2. The molecule has 0 unspecified atom stereocenters. The third-order valence-electron chi connectivity index (χ3n) is 3.95. The number of imide groups is 1. The van der Waals surface area contributed by atoms with E-state index in [0.29, 0.717) is 21.5 Å². The number of rotatable bonds is 5. The lowest BCUT2D eigenvalue weighted by molar-refractivity contribution is -0.121. The van der Waals surface area contributed by atoms with Gasteiger partial charge in [-0.25, -0.2) is 10.3 Å². The Morgan fingerprint density at radius 1 is 1.15 bits per heavy atom. The van der Waals surface area contributed by atoms with Crippen molar-refractivity contribution in [1.29, 1.82) is 0 Å². The Morgan fingerprint density at radius 2 is 1.85 bits per heavy atom. The molecule has 2 aromatic rings. The Hall–Kier alpha value is -2.71. The van der Waals surface area contributed by atoms with Crippen LogP contribution in [0.25, 0.3) is 0 Å². The molecule has 1 aliphatic rings. The number of benzene rings is 2. The SMILES string of the molecule is COc1ccccc1N1C(=O)C[C@H](NNC(=O)c2ccccc2Br)C1=O. The first-order valence-electron chi connectivity index (χ1n) is 7.83. The van der Waals surface area contributed by atoms with E-state index in [0.717, 1.165) is 4.90 Å². The van der Waals surface area contributed by atoms with E-state index in [2.05, 4.69) is 26.8 Å². The molecule has 0 radical (unpaired) electrons. The third-order valence-corrected chi connectivity index (χ3v) is 4.64. The van der Waals surface area contributed by atoms with Crippen LogP contribution in [0.1, 0.15) is 16.8 Å². The average Bonchev–Trinajstić information content (AvgIpc) is 2.93. The summed E-state index contributed by atoms with van der Waals surface area (Å²) in [6.07, 6.45) is -0.0624. The molecular weight excluding hydrogens is 402 g/mol. The smallest absolute Gasteiger partial charge is 0.266 e. The van der Waals surface area contributed by atoms with Crippen molar-refractivity contribution >= 4 is 39.3 Å². The number of hydrogen-bond acceptors (Lipinski definition) is 5. The normalized spacial score (nSPS) is 16.7. The van der Waals surface area contributed by atoms with Crippen LogP contribution in [0.2, 0.25) is 0 Å². The van der Waals surface area contributed by atoms with Gasteiger partial charge in [0.15, 0.2) is 0 Å². The van der Waals surface area contributed by atoms with Crippen molar-refractivity contribution in [2.24, 2.45) is 0 Å². The molecule has 2 aromatic carbocycles. The molecule has 1 heterocycles. The molecule has 1 atom stereocenters. The van der Waals surface area contributed by atoms with Gasteiger partial charge in [0.1, 0.15) is 11.8 Å². The van der Waals surface area contributed by atoms with Crippen LogP contribution in [0, 0.1) is 0 Å². The van der Waals surface area contributed by atoms with Gasteiger partial charge in [0.05, 0.1) is 24.8 Å². The Bertz CT molecular complexity index is 871. The highest BCUT2D eigenvalue weighted by molar-refractivity contribution is 9.10. The van der Waals surface area contributed by atoms with Crippen LogP contribution in [0.4, 0.5) is 5.69 Å². The zero-order valence-electron chi connectivity index (χ0n) is 13.9. The predicted molar refractivity (Wildman–Crippen MR) is 98.6 cm³/mol. The number of carbonyl (C=O) groups is 3. The van der Waals surface area contributed by atoms with Gasteiger partial charge in [-0.15, -0.1) is 0 Å². The minimum absolute atomic E-state index is 0.0624. The van der Waals surface area contributed by atoms with Gasteiger partial charge in [0, 0.05) is 4.47 Å². The van der Waals surface area contributed by atoms with Gasteiger partial charge in [-0.05, 0) is 40.2 Å². The quantitative estimate of drug-likeness (QED) is 0.573. The third kappa shape index (κ3) is 3.47. The van der Waals surface area contributed by atoms with Crippen LogP contribution in [-0.4, -0.2) is 30.9 Å². The van der Waals surface area contributed by atoms with Crippen molar-refractivity contribution < 1.29 is 19.1 Å². The number of anilines is 1. The molecule has 3 amide bonds. The summed E-state index contributed by atoms with van der Waals surface area (Å²) in [7, 11) is 1.47. The largest absolute Gasteiger partial charge is 0.495 e. The first-order chi connectivity index (χ1) is 12.5. The van der Waals surface area contributed by atoms with Gasteiger partial charge in [-0.1, -0.05) is 24.3 Å². The molecule has 1 aliphatic heterocycles. The van der Waals surface area contributed by atoms with E-state index >= 15 is 0 Å². The maximum Gasteiger partial charge on any atom is 0.266 e. The zero-order chi connectivity index (χ0) is 18.7. The molecule has 1 fully saturated rings. The van der Waals surface area contributed by atoms with Gasteiger partial charge in [-0.3, -0.25) is 19.8 Å². The van der Waals surface area contributed by atoms with Crippen molar-refractivity contribution in [3.63, 3.8) is 0 Å². The number of halogens is 1. The number of hydrazine groups is 1. The molecule has 0 aliphatic carbocycles. The van der Waals surface area contributed by atoms with Gasteiger partial charge in [-0.2, -0.15) is 0 Å². The van der Waals surface area contributed by atoms with Gasteiger partial charge in [0.25, 0.3) is 11.8 Å². The fraction of sp³-hybridized carbons (Fsp3) is 0.167. The second-order valence-electron chi connectivity index (χ2n) is 5.57. The van der Waals surface area contributed by atoms with Gasteiger partial charge < -0.3 is 4.74 Å². The lowest BCUT2D eigenvalue weighted by Gasteiger charge is -2.18. The fourth-order valence-corrected chi connectivity index (χ4v) is 3.14. The van der Waals surface area contributed by atoms with Gasteiger partial charge >= 0.3 is 0 Å². The number of nitrogens with zero attached hydrogens (tertiary/aromatic N) is 1. The Labute approximate surface area is 158 Å². The summed E-state index contributed by atoms with van der Waals surface area (Å²) in [6, 6.07) is 12.8. The molecule has 0 spiro atoms. The molecular formula is C18H16BrN3O4. The highest BCUT2D eigenvalue weighted by atomic mass is 79.9. The average molecular weight is 418 g/mol. The lowest BCUT2D eigenvalue weighted by Crippen LogP contribution is -2.48. The van der Waals surface area contributed by atoms with Gasteiger partial charge in [0.2, 0.25) is 5.91 Å². The zero-order valence-corrected chi connectivity index (χ0v) is 15.4. The van der Waals surface area contributed by atoms with Crippen molar-refractivity contribution in [3.05, 3.63) is 58.6 Å². The van der Waals surface area contributed by atoms with E-state index in [4.69, 9.17) is 4.74 Å². The molecule has 1 saturated heterocycles. The molecule has 0 aromatic heterocycles. The van der Waals surface area contributed by atoms with E-state index in [1.54, 1.807) is 48.5 Å². The van der Waals surface area contributed by atoms with Crippen LogP contribution in [0.5, 0.6) is 5.75 Å². The minimum atomic E-state index is -0.848. The monoisotopic (exact) mass is 417 g/mol. The number of carbonyl (C=O) groups excluding carboxylic acids is 3. The molecule has 0 saturated carbocycles. The van der Waals surface area contributed by atoms with Crippen LogP contribution < -0.4 is 20.5 Å². The maximum absolute atomic E-state index is 12.6. The van der Waals surface area contributed by atoms with Crippen molar-refractivity contribution in [3.8, 4) is 5.75 Å². The number of methoxy groups -OCH3 is 1. The molecule has 8 heteroatoms. The standard InChI is InChI=1S/C18H16BrN3O4/c1-26-15-9-5-4-8-14(15)22-16(23)10-13(18(22)25)20-21-17(24)11-6-2-3-7-12(11)19/h2-9,13,20H,10H2,1H3,(H,21,24)/t13-/m0/s1. The molecule has 7 nitrogen and oxygen atoms in total. The first kappa shape index (κ1) is 18.1. The van der Waals surface area contributed by atoms with Crippen molar-refractivity contribution in [2.75, 3.05) is 12.0 Å². The second-order valence-corrected chi connectivity index (χ2v) is 6.43. The Kier molecular flexibility index (Phi) is 5.34. The number of para-hydroxylation sites is 2. The van der Waals surface area contributed by atoms with Crippen LogP contribution >= 0.6 is 15.9 Å². The predicted octanol–water partition coefficient (Wildman–Crippen LogP) is 2.02. The fourth-order valence-electron chi connectivity index (χ4n) is 2.68. The summed E-state index contributed by atoms with van der Waals surface area (Å²) in [6.45, 7) is 0. The van der Waals surface area contributed by atoms with Crippen molar-refractivity contribution in [1.82, 2.24) is 10.9 Å². The lowest BCUT2D eigenvalue weighted by atomic mass is 10.2. The van der Waals surface area contributed by atoms with E-state index in [-0.39, 0.29) is 12.3 Å². The maximum atomic E-state index is 12.6. The summed E-state index contributed by atoms with van der Waals surface area (Å²) in [4.78, 5) is 38.2. The second kappa shape index (κ2) is 7.67. The molecule has 0 bridgehead atoms. The van der Waals surface area contributed by atoms with E-state index in [9.17, 15) is 14.4 Å². The minimum Gasteiger partial charge on any atom is -0.495 e. The van der Waals surface area contributed by atoms with E-state index < -0.39 is 17.9 Å². The summed E-state index contributed by atoms with van der Waals surface area (Å²) < 4.78 is 5.85. The number of hydrogen-bond donors (Lipinski definition) is 2. The summed E-state index contributed by atoms with van der Waals surface area (Å²) in [5.41, 5.74) is 5.93. The van der Waals surface area contributed by atoms with Crippen LogP contribution in [-0.2, 0) is 9.59 Å². The number of amides is 3. The van der Waals surface area contributed by atoms with E-state index in [1.807, 2.05) is 0 Å². The molecule has 3 rings (SSSR count). The molecule has 26 heavy (non-hydrogen) atoms. The van der Waals surface area contributed by atoms with Crippen molar-refractivity contribution in [2.45, 2.75) is 12.5 Å².